The number of nitrogens with one attached hydrogen (secondary N) is 3. The second-order valence-corrected chi connectivity index (χ2v) is 10.3. The number of carbonyl (C=O) groups excluding carboxylic acids is 2. The van der Waals surface area contributed by atoms with Crippen LogP contribution in [0.15, 0.2) is 30.6 Å². The summed E-state index contributed by atoms with van der Waals surface area (Å²) in [7, 11) is 0. The fourth-order valence-corrected chi connectivity index (χ4v) is 4.85. The number of aliphatic hydroxyl groups excluding tert-OH is 1. The molecule has 3 heterocycles. The summed E-state index contributed by atoms with van der Waals surface area (Å²) in [5.74, 6) is 0.484. The Morgan fingerprint density at radius 2 is 1.84 bits per heavy atom. The van der Waals surface area contributed by atoms with Crippen molar-refractivity contribution in [3.05, 3.63) is 41.4 Å². The molecule has 1 atom stereocenters. The molecule has 2 fully saturated rings. The molecule has 6 N–H and O–H groups in total. The van der Waals surface area contributed by atoms with Crippen molar-refractivity contribution >= 4 is 46.1 Å². The fourth-order valence-electron chi connectivity index (χ4n) is 4.68. The summed E-state index contributed by atoms with van der Waals surface area (Å²) in [6.07, 6.45) is 9.19. The van der Waals surface area contributed by atoms with Gasteiger partial charge < -0.3 is 26.8 Å². The number of ketones is 1. The van der Waals surface area contributed by atoms with Crippen molar-refractivity contribution in [1.82, 2.24) is 19.6 Å². The number of amides is 1. The van der Waals surface area contributed by atoms with Crippen molar-refractivity contribution in [1.29, 1.82) is 0 Å². The van der Waals surface area contributed by atoms with E-state index in [1.165, 1.54) is 12.4 Å². The topological polar surface area (TPSA) is 160 Å². The zero-order valence-electron chi connectivity index (χ0n) is 20.4. The first kappa shape index (κ1) is 25.4. The van der Waals surface area contributed by atoms with Crippen molar-refractivity contribution in [2.24, 2.45) is 11.7 Å². The van der Waals surface area contributed by atoms with Crippen LogP contribution in [0.3, 0.4) is 0 Å². The van der Waals surface area contributed by atoms with E-state index in [0.717, 1.165) is 44.2 Å². The number of anilines is 3. The van der Waals surface area contributed by atoms with Crippen LogP contribution in [0.4, 0.5) is 17.2 Å². The van der Waals surface area contributed by atoms with E-state index in [4.69, 9.17) is 27.5 Å². The quantitative estimate of drug-likeness (QED) is 0.250. The number of nitrogens with zero attached hydrogens (tertiary/aromatic N) is 4. The average molecular weight is 527 g/mol. The molecule has 37 heavy (non-hydrogen) atoms. The highest BCUT2D eigenvalue weighted by molar-refractivity contribution is 6.29. The van der Waals surface area contributed by atoms with Crippen molar-refractivity contribution in [3.63, 3.8) is 0 Å². The van der Waals surface area contributed by atoms with Crippen molar-refractivity contribution < 1.29 is 14.7 Å². The lowest BCUT2D eigenvalue weighted by Gasteiger charge is -2.29. The van der Waals surface area contributed by atoms with Gasteiger partial charge in [0.25, 0.3) is 5.91 Å². The standard InChI is InChI=1S/C25H31ClN8O3/c26-22-10-17(7-8-28-22)32-25(37)20-12-29-24-19(30-15-5-6-15)11-23(33-34(20)24)31-16-3-1-14(2-4-16)9-21(36)18(27)13-35/h7-8,10-12,14-16,18,30,35H,1-6,9,13,27H2,(H,31,33)(H,28,32,37)/t14?,16?,18-/m1/s1. The van der Waals surface area contributed by atoms with E-state index >= 15 is 0 Å². The summed E-state index contributed by atoms with van der Waals surface area (Å²) in [4.78, 5) is 33.6. The van der Waals surface area contributed by atoms with E-state index in [0.29, 0.717) is 35.3 Å². The van der Waals surface area contributed by atoms with Crippen molar-refractivity contribution in [2.45, 2.75) is 63.1 Å². The van der Waals surface area contributed by atoms with Crippen LogP contribution in [0.5, 0.6) is 0 Å². The number of fused-ring (bicyclic) bond motifs is 1. The average Bonchev–Trinajstić information content (AvgIpc) is 3.59. The van der Waals surface area contributed by atoms with Gasteiger partial charge >= 0.3 is 0 Å². The third-order valence-electron chi connectivity index (χ3n) is 6.92. The minimum Gasteiger partial charge on any atom is -0.394 e. The molecule has 2 saturated carbocycles. The second kappa shape index (κ2) is 11.0. The first-order valence-corrected chi connectivity index (χ1v) is 13.0. The SMILES string of the molecule is N[C@H](CO)C(=O)CC1CCC(Nc2cc(NC3CC3)c3ncc(C(=O)Nc4ccnc(Cl)c4)n3n2)CC1. The highest BCUT2D eigenvalue weighted by Crippen LogP contribution is 2.32. The summed E-state index contributed by atoms with van der Waals surface area (Å²) in [6.45, 7) is -0.314. The molecule has 0 saturated heterocycles. The minimum absolute atomic E-state index is 0.0817. The normalized spacial score (nSPS) is 20.4. The zero-order valence-corrected chi connectivity index (χ0v) is 21.1. The number of Topliss-reactive ketones (excluding diaryl/α,β-unsaturated/α-hetero) is 1. The maximum absolute atomic E-state index is 13.1. The Balaban J connectivity index is 1.31. The van der Waals surface area contributed by atoms with E-state index in [1.54, 1.807) is 16.6 Å². The third-order valence-corrected chi connectivity index (χ3v) is 7.13. The Morgan fingerprint density at radius 1 is 1.11 bits per heavy atom. The molecule has 0 spiro atoms. The van der Waals surface area contributed by atoms with E-state index in [2.05, 4.69) is 25.9 Å². The number of hydrogen-bond acceptors (Lipinski definition) is 9. The molecule has 196 valence electrons. The molecule has 1 amide bonds. The summed E-state index contributed by atoms with van der Waals surface area (Å²) < 4.78 is 1.56. The monoisotopic (exact) mass is 526 g/mol. The first-order chi connectivity index (χ1) is 17.9. The third kappa shape index (κ3) is 6.17. The smallest absolute Gasteiger partial charge is 0.276 e. The molecule has 3 aromatic rings. The van der Waals surface area contributed by atoms with Crippen LogP contribution < -0.4 is 21.7 Å². The predicted octanol–water partition coefficient (Wildman–Crippen LogP) is 2.85. The molecule has 0 unspecified atom stereocenters. The van der Waals surface area contributed by atoms with Crippen molar-refractivity contribution in [2.75, 3.05) is 22.6 Å². The number of imidazole rings is 1. The molecule has 2 aliphatic rings. The lowest BCUT2D eigenvalue weighted by molar-refractivity contribution is -0.122. The molecule has 12 heteroatoms. The van der Waals surface area contributed by atoms with Gasteiger partial charge in [-0.1, -0.05) is 11.6 Å². The highest BCUT2D eigenvalue weighted by Gasteiger charge is 2.27. The van der Waals surface area contributed by atoms with Gasteiger partial charge in [-0.15, -0.1) is 5.10 Å². The molecule has 5 rings (SSSR count). The molecular formula is C25H31ClN8O3. The Kier molecular flexibility index (Phi) is 7.54. The molecule has 0 radical (unpaired) electrons. The number of carbonyl (C=O) groups is 2. The minimum atomic E-state index is -0.790. The Bertz CT molecular complexity index is 1290. The van der Waals surface area contributed by atoms with Gasteiger partial charge in [0.15, 0.2) is 17.1 Å². The zero-order chi connectivity index (χ0) is 25.9. The van der Waals surface area contributed by atoms with Crippen LogP contribution in [0, 0.1) is 5.92 Å². The predicted molar refractivity (Wildman–Crippen MR) is 141 cm³/mol. The Labute approximate surface area is 219 Å². The van der Waals surface area contributed by atoms with E-state index < -0.39 is 6.04 Å². The van der Waals surface area contributed by atoms with Crippen LogP contribution in [0.25, 0.3) is 5.65 Å². The lowest BCUT2D eigenvalue weighted by Crippen LogP contribution is -2.36. The van der Waals surface area contributed by atoms with Gasteiger partial charge in [-0.25, -0.2) is 14.5 Å². The number of rotatable bonds is 10. The van der Waals surface area contributed by atoms with Gasteiger partial charge in [0, 0.05) is 36.5 Å². The molecular weight excluding hydrogens is 496 g/mol. The Hall–Kier alpha value is -3.28. The van der Waals surface area contributed by atoms with Crippen LogP contribution in [-0.2, 0) is 4.79 Å². The molecule has 3 aromatic heterocycles. The second-order valence-electron chi connectivity index (χ2n) is 9.88. The molecule has 2 aliphatic carbocycles. The number of halogens is 1. The lowest BCUT2D eigenvalue weighted by atomic mass is 9.82. The number of hydrogen-bond donors (Lipinski definition) is 5. The van der Waals surface area contributed by atoms with Crippen LogP contribution in [-0.4, -0.2) is 61.1 Å². The molecule has 11 nitrogen and oxygen atoms in total. The van der Waals surface area contributed by atoms with Gasteiger partial charge in [-0.2, -0.15) is 0 Å². The summed E-state index contributed by atoms with van der Waals surface area (Å²) in [5, 5.41) is 23.9. The van der Waals surface area contributed by atoms with Gasteiger partial charge in [0.1, 0.15) is 11.0 Å². The number of aromatic nitrogens is 4. The van der Waals surface area contributed by atoms with Gasteiger partial charge in [0.05, 0.1) is 24.5 Å². The Morgan fingerprint density at radius 3 is 2.54 bits per heavy atom. The molecule has 0 aliphatic heterocycles. The van der Waals surface area contributed by atoms with E-state index in [9.17, 15) is 9.59 Å². The van der Waals surface area contributed by atoms with E-state index in [1.807, 2.05) is 6.07 Å². The summed E-state index contributed by atoms with van der Waals surface area (Å²) in [6, 6.07) is 4.98. The highest BCUT2D eigenvalue weighted by atomic mass is 35.5. The number of nitrogens with two attached hydrogens (primary N) is 1. The maximum atomic E-state index is 13.1. The fraction of sp³-hybridized carbons (Fsp3) is 0.480. The molecule has 0 aromatic carbocycles. The first-order valence-electron chi connectivity index (χ1n) is 12.6. The van der Waals surface area contributed by atoms with Crippen LogP contribution in [0.1, 0.15) is 55.4 Å². The maximum Gasteiger partial charge on any atom is 0.276 e. The summed E-state index contributed by atoms with van der Waals surface area (Å²) >= 11 is 5.95. The van der Waals surface area contributed by atoms with Gasteiger partial charge in [-0.05, 0) is 56.6 Å². The van der Waals surface area contributed by atoms with Crippen molar-refractivity contribution in [3.8, 4) is 0 Å². The van der Waals surface area contributed by atoms with E-state index in [-0.39, 0.29) is 35.4 Å². The van der Waals surface area contributed by atoms with Gasteiger partial charge in [0.2, 0.25) is 0 Å². The molecule has 0 bridgehead atoms. The van der Waals surface area contributed by atoms with Crippen LogP contribution in [0.2, 0.25) is 5.15 Å². The van der Waals surface area contributed by atoms with Crippen LogP contribution >= 0.6 is 11.6 Å². The number of aliphatic hydroxyl groups is 1. The summed E-state index contributed by atoms with van der Waals surface area (Å²) in [5.41, 5.74) is 7.90. The largest absolute Gasteiger partial charge is 0.394 e. The van der Waals surface area contributed by atoms with Gasteiger partial charge in [-0.3, -0.25) is 9.59 Å². The number of pyridine rings is 1.